The van der Waals surface area contributed by atoms with Crippen LogP contribution in [0.15, 0.2) is 0 Å². The maximum atomic E-state index is 12.9. The molecule has 0 aromatic heterocycles. The molecule has 0 N–H and O–H groups in total. The molecule has 1 unspecified atom stereocenters. The second-order valence-corrected chi connectivity index (χ2v) is 7.85. The molecule has 0 spiro atoms. The highest BCUT2D eigenvalue weighted by atomic mass is 16.7. The number of carbonyl (C=O) groups excluding carboxylic acids is 2. The largest absolute Gasteiger partial charge is 0.466 e. The summed E-state index contributed by atoms with van der Waals surface area (Å²) in [6.07, 6.45) is 1.03. The number of ether oxygens (including phenoxy) is 4. The summed E-state index contributed by atoms with van der Waals surface area (Å²) in [7, 11) is 0. The van der Waals surface area contributed by atoms with E-state index in [9.17, 15) is 9.59 Å². The summed E-state index contributed by atoms with van der Waals surface area (Å²) in [5, 5.41) is 0. The van der Waals surface area contributed by atoms with Crippen molar-refractivity contribution in [3.8, 4) is 0 Å². The van der Waals surface area contributed by atoms with Crippen LogP contribution >= 0.6 is 0 Å². The van der Waals surface area contributed by atoms with Gasteiger partial charge in [0, 0.05) is 5.92 Å². The van der Waals surface area contributed by atoms with Crippen LogP contribution in [0, 0.1) is 22.7 Å². The predicted molar refractivity (Wildman–Crippen MR) is 78.2 cm³/mol. The van der Waals surface area contributed by atoms with Crippen LogP contribution in [0.2, 0.25) is 0 Å². The second-order valence-electron chi connectivity index (χ2n) is 7.85. The quantitative estimate of drug-likeness (QED) is 0.735. The third-order valence-corrected chi connectivity index (χ3v) is 6.38. The van der Waals surface area contributed by atoms with Gasteiger partial charge in [-0.2, -0.15) is 0 Å². The van der Waals surface area contributed by atoms with Crippen molar-refractivity contribution in [2.75, 3.05) is 13.2 Å². The number of fused-ring (bicyclic) bond motifs is 2. The molecule has 2 bridgehead atoms. The summed E-state index contributed by atoms with van der Waals surface area (Å²) >= 11 is 0. The number of esters is 2. The number of rotatable bonds is 3. The maximum Gasteiger partial charge on any atom is 0.314 e. The Morgan fingerprint density at radius 3 is 2.65 bits per heavy atom. The van der Waals surface area contributed by atoms with Crippen molar-refractivity contribution in [3.05, 3.63) is 0 Å². The highest BCUT2D eigenvalue weighted by molar-refractivity contribution is 5.96. The van der Waals surface area contributed by atoms with Crippen molar-refractivity contribution in [3.63, 3.8) is 0 Å². The highest BCUT2D eigenvalue weighted by Gasteiger charge is 2.89. The van der Waals surface area contributed by atoms with Gasteiger partial charge in [-0.15, -0.1) is 0 Å². The average Bonchev–Trinajstić information content (AvgIpc) is 2.94. The molecule has 2 saturated carbocycles. The van der Waals surface area contributed by atoms with E-state index in [4.69, 9.17) is 18.9 Å². The van der Waals surface area contributed by atoms with E-state index in [1.165, 1.54) is 0 Å². The SMILES string of the molecule is CCOC(=O)[C@@]12C3C(=O)O[C@@H](CC[C@]31C)[C@@H]2[C@H]1COC(C)(C)O1. The van der Waals surface area contributed by atoms with Gasteiger partial charge in [0.25, 0.3) is 0 Å². The number of carbonyl (C=O) groups is 2. The Hall–Kier alpha value is -1.14. The van der Waals surface area contributed by atoms with Gasteiger partial charge < -0.3 is 18.9 Å². The molecule has 6 nitrogen and oxygen atoms in total. The zero-order valence-electron chi connectivity index (χ0n) is 14.1. The van der Waals surface area contributed by atoms with E-state index in [1.807, 2.05) is 20.8 Å². The summed E-state index contributed by atoms with van der Waals surface area (Å²) in [6.45, 7) is 8.26. The smallest absolute Gasteiger partial charge is 0.314 e. The lowest BCUT2D eigenvalue weighted by molar-refractivity contribution is -0.196. The van der Waals surface area contributed by atoms with Gasteiger partial charge in [-0.05, 0) is 39.0 Å². The fraction of sp³-hybridized carbons (Fsp3) is 0.882. The molecule has 4 fully saturated rings. The molecule has 0 aromatic rings. The first-order valence-electron chi connectivity index (χ1n) is 8.47. The first-order valence-corrected chi connectivity index (χ1v) is 8.47. The van der Waals surface area contributed by atoms with Crippen LogP contribution in [0.25, 0.3) is 0 Å². The van der Waals surface area contributed by atoms with Crippen LogP contribution in [0.4, 0.5) is 0 Å². The summed E-state index contributed by atoms with van der Waals surface area (Å²) < 4.78 is 22.8. The van der Waals surface area contributed by atoms with Gasteiger partial charge in [0.15, 0.2) is 5.79 Å². The van der Waals surface area contributed by atoms with E-state index in [0.717, 1.165) is 12.8 Å². The molecule has 2 heterocycles. The standard InChI is InChI=1S/C17H24O6/c1-5-20-14(19)17-11(10-8-21-15(2,3)23-10)9-6-7-16(17,4)12(17)13(18)22-9/h9-12H,5-8H2,1-4H3/t9-,10+,11+,12?,16+,17+/m0/s1. The third kappa shape index (κ3) is 1.71. The van der Waals surface area contributed by atoms with Gasteiger partial charge in [0.05, 0.1) is 30.7 Å². The molecule has 6 heteroatoms. The summed E-state index contributed by atoms with van der Waals surface area (Å²) in [4.78, 5) is 25.3. The normalized spacial score (nSPS) is 49.5. The molecular weight excluding hydrogens is 300 g/mol. The van der Waals surface area contributed by atoms with Crippen molar-refractivity contribution in [2.45, 2.75) is 58.5 Å². The first-order chi connectivity index (χ1) is 10.8. The van der Waals surface area contributed by atoms with E-state index in [1.54, 1.807) is 6.92 Å². The topological polar surface area (TPSA) is 71.1 Å². The van der Waals surface area contributed by atoms with E-state index >= 15 is 0 Å². The van der Waals surface area contributed by atoms with Crippen molar-refractivity contribution in [1.29, 1.82) is 0 Å². The van der Waals surface area contributed by atoms with Crippen LogP contribution in [-0.4, -0.2) is 43.1 Å². The lowest BCUT2D eigenvalue weighted by atomic mass is 9.68. The van der Waals surface area contributed by atoms with Gasteiger partial charge >= 0.3 is 11.9 Å². The fourth-order valence-electron chi connectivity index (χ4n) is 5.51. The molecule has 2 saturated heterocycles. The third-order valence-electron chi connectivity index (χ3n) is 6.38. The summed E-state index contributed by atoms with van der Waals surface area (Å²) in [6, 6.07) is 0. The molecule has 23 heavy (non-hydrogen) atoms. The molecule has 4 aliphatic rings. The zero-order chi connectivity index (χ0) is 16.6. The number of hydrogen-bond donors (Lipinski definition) is 0. The van der Waals surface area contributed by atoms with E-state index in [-0.39, 0.29) is 35.5 Å². The Labute approximate surface area is 135 Å². The molecule has 0 radical (unpaired) electrons. The van der Waals surface area contributed by atoms with Crippen LogP contribution in [0.1, 0.15) is 40.5 Å². The van der Waals surface area contributed by atoms with Crippen molar-refractivity contribution in [1.82, 2.24) is 0 Å². The minimum Gasteiger partial charge on any atom is -0.466 e. The minimum atomic E-state index is -0.810. The first kappa shape index (κ1) is 15.4. The van der Waals surface area contributed by atoms with Crippen LogP contribution in [0.3, 0.4) is 0 Å². The minimum absolute atomic E-state index is 0.190. The zero-order valence-corrected chi connectivity index (χ0v) is 14.1. The molecule has 2 aliphatic carbocycles. The monoisotopic (exact) mass is 324 g/mol. The van der Waals surface area contributed by atoms with Crippen LogP contribution in [0.5, 0.6) is 0 Å². The van der Waals surface area contributed by atoms with Crippen molar-refractivity contribution >= 4 is 11.9 Å². The molecular formula is C17H24O6. The van der Waals surface area contributed by atoms with E-state index < -0.39 is 17.1 Å². The van der Waals surface area contributed by atoms with Crippen LogP contribution < -0.4 is 0 Å². The fourth-order valence-corrected chi connectivity index (χ4v) is 5.51. The summed E-state index contributed by atoms with van der Waals surface area (Å²) in [5.41, 5.74) is -1.19. The Morgan fingerprint density at radius 1 is 1.30 bits per heavy atom. The lowest BCUT2D eigenvalue weighted by Crippen LogP contribution is -2.53. The predicted octanol–water partition coefficient (Wildman–Crippen LogP) is 1.66. The average molecular weight is 324 g/mol. The molecule has 0 amide bonds. The summed E-state index contributed by atoms with van der Waals surface area (Å²) in [5.74, 6) is -1.80. The second kappa shape index (κ2) is 4.48. The molecule has 4 rings (SSSR count). The Kier molecular flexibility index (Phi) is 3.00. The van der Waals surface area contributed by atoms with E-state index in [2.05, 4.69) is 0 Å². The van der Waals surface area contributed by atoms with Crippen molar-refractivity contribution in [2.24, 2.45) is 22.7 Å². The molecule has 128 valence electrons. The van der Waals surface area contributed by atoms with Gasteiger partial charge in [-0.1, -0.05) is 6.92 Å². The molecule has 6 atom stereocenters. The van der Waals surface area contributed by atoms with Crippen molar-refractivity contribution < 1.29 is 28.5 Å². The highest BCUT2D eigenvalue weighted by Crippen LogP contribution is 2.81. The maximum absolute atomic E-state index is 12.9. The molecule has 2 aliphatic heterocycles. The molecule has 0 aromatic carbocycles. The Bertz CT molecular complexity index is 571. The Morgan fingerprint density at radius 2 is 2.04 bits per heavy atom. The van der Waals surface area contributed by atoms with Gasteiger partial charge in [-0.3, -0.25) is 9.59 Å². The number of hydrogen-bond acceptors (Lipinski definition) is 6. The van der Waals surface area contributed by atoms with Crippen LogP contribution in [-0.2, 0) is 28.5 Å². The van der Waals surface area contributed by atoms with Gasteiger partial charge in [-0.25, -0.2) is 0 Å². The Balaban J connectivity index is 1.76. The van der Waals surface area contributed by atoms with E-state index in [0.29, 0.717) is 13.2 Å². The van der Waals surface area contributed by atoms with Gasteiger partial charge in [0.2, 0.25) is 0 Å². The van der Waals surface area contributed by atoms with Gasteiger partial charge in [0.1, 0.15) is 6.10 Å². The lowest BCUT2D eigenvalue weighted by Gasteiger charge is -2.43.